The van der Waals surface area contributed by atoms with Gasteiger partial charge < -0.3 is 37.9 Å². The van der Waals surface area contributed by atoms with Crippen molar-refractivity contribution >= 4 is 35.8 Å². The van der Waals surface area contributed by atoms with Gasteiger partial charge >= 0.3 is 47.2 Å². The number of esters is 6. The summed E-state index contributed by atoms with van der Waals surface area (Å²) in [5.41, 5.74) is -3.31. The lowest BCUT2D eigenvalue weighted by Crippen LogP contribution is -2.42. The first-order chi connectivity index (χ1) is 24.5. The van der Waals surface area contributed by atoms with Gasteiger partial charge in [-0.2, -0.15) is 0 Å². The van der Waals surface area contributed by atoms with Crippen LogP contribution in [0.1, 0.15) is 53.0 Å². The third-order valence-corrected chi connectivity index (χ3v) is 7.38. The molecule has 2 N–H and O–H groups in total. The number of hydrogen-bond acceptors (Lipinski definition) is 18. The van der Waals surface area contributed by atoms with Gasteiger partial charge in [-0.15, -0.1) is 0 Å². The van der Waals surface area contributed by atoms with Gasteiger partial charge in [0.1, 0.15) is 25.4 Å². The molecule has 2 fully saturated rings. The van der Waals surface area contributed by atoms with E-state index in [2.05, 4.69) is 0 Å². The molecule has 282 valence electrons. The summed E-state index contributed by atoms with van der Waals surface area (Å²) in [5.74, 6) is -5.18. The number of H-pyrrole nitrogens is 2. The van der Waals surface area contributed by atoms with Crippen LogP contribution in [0.4, 0.5) is 0 Å². The van der Waals surface area contributed by atoms with Crippen molar-refractivity contribution in [3.05, 3.63) is 66.2 Å². The van der Waals surface area contributed by atoms with E-state index in [0.717, 1.165) is 61.4 Å². The van der Waals surface area contributed by atoms with Crippen molar-refractivity contribution in [2.75, 3.05) is 13.2 Å². The molecule has 4 heterocycles. The highest BCUT2D eigenvalue weighted by atomic mass is 16.7. The number of aromatic nitrogens is 4. The van der Waals surface area contributed by atoms with Crippen molar-refractivity contribution in [1.82, 2.24) is 19.1 Å². The first kappa shape index (κ1) is 38.9. The second kappa shape index (κ2) is 16.9. The van der Waals surface area contributed by atoms with Crippen LogP contribution in [0.3, 0.4) is 0 Å². The number of aromatic amines is 2. The molecule has 2 aliphatic rings. The van der Waals surface area contributed by atoms with Crippen molar-refractivity contribution in [1.29, 1.82) is 0 Å². The Morgan fingerprint density at radius 2 is 0.904 bits per heavy atom. The lowest BCUT2D eigenvalue weighted by Gasteiger charge is -2.23. The molecule has 2 aromatic rings. The molecule has 22 heteroatoms. The zero-order valence-corrected chi connectivity index (χ0v) is 28.0. The highest BCUT2D eigenvalue weighted by Crippen LogP contribution is 2.35. The van der Waals surface area contributed by atoms with Crippen LogP contribution in [0.2, 0.25) is 0 Å². The molecule has 52 heavy (non-hydrogen) atoms. The summed E-state index contributed by atoms with van der Waals surface area (Å²) in [6, 6.07) is 2.00. The Labute approximate surface area is 290 Å². The van der Waals surface area contributed by atoms with Crippen LogP contribution in [0.25, 0.3) is 0 Å². The maximum absolute atomic E-state index is 12.6. The van der Waals surface area contributed by atoms with Crippen molar-refractivity contribution in [2.24, 2.45) is 0 Å². The molecule has 2 aromatic heterocycles. The van der Waals surface area contributed by atoms with Gasteiger partial charge in [0.25, 0.3) is 11.1 Å². The number of hydrogen-bond donors (Lipinski definition) is 2. The third-order valence-electron chi connectivity index (χ3n) is 7.38. The van der Waals surface area contributed by atoms with Gasteiger partial charge in [-0.1, -0.05) is 0 Å². The summed E-state index contributed by atoms with van der Waals surface area (Å²) in [6.07, 6.45) is -9.86. The molecule has 0 aromatic carbocycles. The summed E-state index contributed by atoms with van der Waals surface area (Å²) in [5, 5.41) is 0. The fraction of sp³-hybridized carbons (Fsp3) is 0.533. The van der Waals surface area contributed by atoms with Crippen molar-refractivity contribution in [2.45, 2.75) is 89.6 Å². The molecule has 8 atom stereocenters. The first-order valence-electron chi connectivity index (χ1n) is 15.5. The molecule has 0 bridgehead atoms. The molecule has 22 nitrogen and oxygen atoms in total. The predicted molar refractivity (Wildman–Crippen MR) is 164 cm³/mol. The topological polar surface area (TPSA) is 286 Å². The molecule has 0 amide bonds. The number of carbonyl (C=O) groups is 6. The van der Waals surface area contributed by atoms with E-state index in [4.69, 9.17) is 37.9 Å². The van der Waals surface area contributed by atoms with Crippen LogP contribution in [-0.4, -0.2) is 105 Å². The number of carbonyl (C=O) groups excluding carboxylic acids is 6. The lowest BCUT2D eigenvalue weighted by atomic mass is 10.1. The fourth-order valence-electron chi connectivity index (χ4n) is 5.39. The average molecular weight is 739 g/mol. The zero-order chi connectivity index (χ0) is 38.3. The van der Waals surface area contributed by atoms with Crippen molar-refractivity contribution < 1.29 is 66.7 Å². The summed E-state index contributed by atoms with van der Waals surface area (Å²) >= 11 is 0. The summed E-state index contributed by atoms with van der Waals surface area (Å²) in [7, 11) is 0. The van der Waals surface area contributed by atoms with E-state index in [-0.39, 0.29) is 0 Å². The van der Waals surface area contributed by atoms with Crippen LogP contribution in [0.15, 0.2) is 43.7 Å². The molecular formula is C30H34N4O18. The van der Waals surface area contributed by atoms with Crippen LogP contribution in [-0.2, 0) is 66.7 Å². The van der Waals surface area contributed by atoms with Crippen LogP contribution < -0.4 is 22.5 Å². The van der Waals surface area contributed by atoms with E-state index in [0.29, 0.717) is 0 Å². The van der Waals surface area contributed by atoms with Crippen LogP contribution in [0, 0.1) is 0 Å². The van der Waals surface area contributed by atoms with Crippen molar-refractivity contribution in [3.8, 4) is 0 Å². The molecule has 4 rings (SSSR count). The molecule has 0 spiro atoms. The van der Waals surface area contributed by atoms with Gasteiger partial charge in [-0.3, -0.25) is 57.5 Å². The first-order valence-corrected chi connectivity index (χ1v) is 15.5. The summed E-state index contributed by atoms with van der Waals surface area (Å²) in [4.78, 5) is 125. The van der Waals surface area contributed by atoms with E-state index in [1.165, 1.54) is 0 Å². The number of ether oxygens (including phenoxy) is 8. The highest BCUT2D eigenvalue weighted by molar-refractivity contribution is 5.77. The quantitative estimate of drug-likeness (QED) is 0.158. The highest BCUT2D eigenvalue weighted by Gasteiger charge is 2.52. The van der Waals surface area contributed by atoms with E-state index in [9.17, 15) is 47.9 Å². The predicted octanol–water partition coefficient (Wildman–Crippen LogP) is -2.52. The maximum Gasteiger partial charge on any atom is 0.330 e. The lowest BCUT2D eigenvalue weighted by molar-refractivity contribution is -0.167. The number of nitrogens with zero attached hydrogens (tertiary/aromatic N) is 2. The van der Waals surface area contributed by atoms with Gasteiger partial charge in [-0.05, 0) is 0 Å². The van der Waals surface area contributed by atoms with E-state index >= 15 is 0 Å². The molecule has 0 unspecified atom stereocenters. The Kier molecular flexibility index (Phi) is 12.6. The minimum Gasteiger partial charge on any atom is -0.463 e. The maximum atomic E-state index is 12.6. The monoisotopic (exact) mass is 738 g/mol. The van der Waals surface area contributed by atoms with E-state index in [1.807, 2.05) is 9.97 Å². The second-order valence-electron chi connectivity index (χ2n) is 11.3. The Balaban J connectivity index is 1.38. The number of rotatable bonds is 13. The molecule has 0 aliphatic carbocycles. The van der Waals surface area contributed by atoms with Gasteiger partial charge in [0.2, 0.25) is 0 Å². The summed E-state index contributed by atoms with van der Waals surface area (Å²) in [6.45, 7) is 3.05. The SMILES string of the molecule is CC(=O)O[C@@H]1[C@H](OC(C)=O)[C@@H](COC(=O)CCC(=O)OC[C@H]2O[C@@H](n3ccc(=O)[nH]c3=O)[C@H](OC(C)=O)[C@@H]2OC(C)=O)O[C@H]1n1ccc(=O)[nH]c1=O. The minimum atomic E-state index is -1.41. The number of nitrogens with one attached hydrogen (secondary N) is 2. The fourth-order valence-corrected chi connectivity index (χ4v) is 5.39. The van der Waals surface area contributed by atoms with E-state index in [1.54, 1.807) is 0 Å². The second-order valence-corrected chi connectivity index (χ2v) is 11.3. The molecule has 2 saturated heterocycles. The van der Waals surface area contributed by atoms with Crippen LogP contribution >= 0.6 is 0 Å². The summed E-state index contributed by atoms with van der Waals surface area (Å²) < 4.78 is 44.9. The molecule has 2 aliphatic heterocycles. The third kappa shape index (κ3) is 9.87. The van der Waals surface area contributed by atoms with Gasteiger partial charge in [0, 0.05) is 52.2 Å². The molecule has 0 radical (unpaired) electrons. The standard InChI is InChI=1S/C30H34N4O18/c1-13(35)47-23-17(51-27(25(23)49-15(3)37)33-9-7-19(39)31-29(33)43)11-45-21(41)5-6-22(42)46-12-18-24(48-14(2)36)26(50-16(4)38)28(52-18)34-10-8-20(40)32-30(34)44/h7-10,17-18,23-28H,5-6,11-12H2,1-4H3,(H,31,39,43)(H,32,40,44)/t17-,18-,23-,24-,25-,26-,27-,28-/m1/s1. The van der Waals surface area contributed by atoms with Gasteiger partial charge in [0.05, 0.1) is 12.8 Å². The molecular weight excluding hydrogens is 704 g/mol. The smallest absolute Gasteiger partial charge is 0.330 e. The van der Waals surface area contributed by atoms with Gasteiger partial charge in [0.15, 0.2) is 36.9 Å². The van der Waals surface area contributed by atoms with Gasteiger partial charge in [-0.25, -0.2) is 9.59 Å². The zero-order valence-electron chi connectivity index (χ0n) is 28.0. The average Bonchev–Trinajstić information content (AvgIpc) is 3.53. The van der Waals surface area contributed by atoms with E-state index < -0.39 is 133 Å². The van der Waals surface area contributed by atoms with Crippen LogP contribution in [0.5, 0.6) is 0 Å². The Morgan fingerprint density at radius 1 is 0.577 bits per heavy atom. The normalized spacial score (nSPS) is 25.1. The Morgan fingerprint density at radius 3 is 1.21 bits per heavy atom. The largest absolute Gasteiger partial charge is 0.463 e. The molecule has 0 saturated carbocycles. The van der Waals surface area contributed by atoms with Crippen molar-refractivity contribution in [3.63, 3.8) is 0 Å². The minimum absolute atomic E-state index is 0.537. The Hall–Kier alpha value is -5.90. The Bertz CT molecular complexity index is 1790.